The van der Waals surface area contributed by atoms with Crippen LogP contribution in [0.15, 0.2) is 133 Å². The van der Waals surface area contributed by atoms with Crippen molar-refractivity contribution < 1.29 is 13.2 Å². The van der Waals surface area contributed by atoms with Gasteiger partial charge in [-0.2, -0.15) is 13.2 Å². The van der Waals surface area contributed by atoms with Crippen molar-refractivity contribution >= 4 is 10.9 Å². The molecule has 1 aromatic heterocycles. The third-order valence-electron chi connectivity index (χ3n) is 6.76. The second kappa shape index (κ2) is 9.64. The number of halogens is 3. The maximum Gasteiger partial charge on any atom is 0.416 e. The third-order valence-corrected chi connectivity index (χ3v) is 6.76. The lowest BCUT2D eigenvalue weighted by atomic mass is 9.97. The van der Waals surface area contributed by atoms with Crippen LogP contribution in [0.1, 0.15) is 5.56 Å². The fraction of sp³-hybridized carbons (Fsp3) is 0.0294. The first kappa shape index (κ1) is 23.7. The first-order chi connectivity index (χ1) is 18.4. The molecule has 0 saturated heterocycles. The summed E-state index contributed by atoms with van der Waals surface area (Å²) in [6.45, 7) is 0. The highest BCUT2D eigenvalue weighted by Crippen LogP contribution is 2.32. The van der Waals surface area contributed by atoms with E-state index in [1.54, 1.807) is 0 Å². The molecule has 0 aliphatic rings. The average Bonchev–Trinajstić information content (AvgIpc) is 2.97. The molecule has 1 heterocycles. The topological polar surface area (TPSA) is 12.9 Å². The summed E-state index contributed by atoms with van der Waals surface area (Å²) in [5.74, 6) is 0. The van der Waals surface area contributed by atoms with Crippen LogP contribution in [0.4, 0.5) is 13.2 Å². The van der Waals surface area contributed by atoms with E-state index in [0.29, 0.717) is 0 Å². The SMILES string of the molecule is FC(F)(F)c1ccc(-c2ccc(-c3ccc(-c4ccc(-c5ccc6ccccc6n5)cc4)cc3)cc2)cc1. The predicted octanol–water partition coefficient (Wildman–Crippen LogP) is 9.92. The summed E-state index contributed by atoms with van der Waals surface area (Å²) in [6, 6.07) is 42.1. The van der Waals surface area contributed by atoms with Crippen LogP contribution in [-0.2, 0) is 6.18 Å². The summed E-state index contributed by atoms with van der Waals surface area (Å²) in [5, 5.41) is 1.13. The van der Waals surface area contributed by atoms with E-state index in [-0.39, 0.29) is 0 Å². The Morgan fingerprint density at radius 1 is 0.395 bits per heavy atom. The van der Waals surface area contributed by atoms with Gasteiger partial charge < -0.3 is 0 Å². The Bertz CT molecular complexity index is 1700. The summed E-state index contributed by atoms with van der Waals surface area (Å²) in [7, 11) is 0. The number of fused-ring (bicyclic) bond motifs is 1. The van der Waals surface area contributed by atoms with Gasteiger partial charge in [-0.3, -0.25) is 0 Å². The molecule has 6 rings (SSSR count). The van der Waals surface area contributed by atoms with E-state index in [0.717, 1.165) is 67.7 Å². The van der Waals surface area contributed by atoms with Gasteiger partial charge in [-0.1, -0.05) is 109 Å². The lowest BCUT2D eigenvalue weighted by Gasteiger charge is -2.09. The largest absolute Gasteiger partial charge is 0.416 e. The van der Waals surface area contributed by atoms with Gasteiger partial charge in [0.1, 0.15) is 0 Å². The molecule has 0 N–H and O–H groups in total. The van der Waals surface area contributed by atoms with Gasteiger partial charge in [-0.15, -0.1) is 0 Å². The van der Waals surface area contributed by atoms with E-state index in [9.17, 15) is 13.2 Å². The van der Waals surface area contributed by atoms with Crippen molar-refractivity contribution in [3.63, 3.8) is 0 Å². The van der Waals surface area contributed by atoms with E-state index in [1.165, 1.54) is 12.1 Å². The van der Waals surface area contributed by atoms with Crippen molar-refractivity contribution in [2.45, 2.75) is 6.18 Å². The minimum Gasteiger partial charge on any atom is -0.248 e. The number of para-hydroxylation sites is 1. The molecule has 0 spiro atoms. The zero-order valence-electron chi connectivity index (χ0n) is 20.3. The molecule has 0 amide bonds. The zero-order valence-corrected chi connectivity index (χ0v) is 20.3. The molecule has 184 valence electrons. The number of hydrogen-bond donors (Lipinski definition) is 0. The fourth-order valence-electron chi connectivity index (χ4n) is 4.62. The normalized spacial score (nSPS) is 11.6. The van der Waals surface area contributed by atoms with Gasteiger partial charge in [0.15, 0.2) is 0 Å². The molecule has 0 bridgehead atoms. The Kier molecular flexibility index (Phi) is 6.01. The molecule has 0 atom stereocenters. The van der Waals surface area contributed by atoms with Gasteiger partial charge in [0.05, 0.1) is 16.8 Å². The van der Waals surface area contributed by atoms with Crippen LogP contribution in [0.3, 0.4) is 0 Å². The second-order valence-corrected chi connectivity index (χ2v) is 9.20. The summed E-state index contributed by atoms with van der Waals surface area (Å²) >= 11 is 0. The van der Waals surface area contributed by atoms with Crippen LogP contribution in [0, 0.1) is 0 Å². The highest BCUT2D eigenvalue weighted by Gasteiger charge is 2.29. The van der Waals surface area contributed by atoms with E-state index < -0.39 is 11.7 Å². The quantitative estimate of drug-likeness (QED) is 0.234. The number of pyridine rings is 1. The molecular formula is C34H22F3N. The van der Waals surface area contributed by atoms with Crippen molar-refractivity contribution in [2.75, 3.05) is 0 Å². The van der Waals surface area contributed by atoms with Crippen LogP contribution in [0.2, 0.25) is 0 Å². The van der Waals surface area contributed by atoms with E-state index in [2.05, 4.69) is 66.7 Å². The Labute approximate surface area is 218 Å². The zero-order chi connectivity index (χ0) is 26.1. The molecule has 5 aromatic carbocycles. The number of nitrogens with zero attached hydrogens (tertiary/aromatic N) is 1. The standard InChI is InChI=1S/C34H22F3N/c35-34(36,37)31-20-17-28(18-21-31)26-11-9-24(10-12-26)23-5-7-25(8-6-23)27-13-15-30(16-14-27)33-22-19-29-3-1-2-4-32(29)38-33/h1-22H. The summed E-state index contributed by atoms with van der Waals surface area (Å²) in [5.41, 5.74) is 8.36. The summed E-state index contributed by atoms with van der Waals surface area (Å²) in [4.78, 5) is 4.79. The van der Waals surface area contributed by atoms with Crippen molar-refractivity contribution in [3.05, 3.63) is 139 Å². The molecule has 0 aliphatic heterocycles. The Morgan fingerprint density at radius 3 is 1.24 bits per heavy atom. The maximum atomic E-state index is 12.8. The molecule has 4 heteroatoms. The van der Waals surface area contributed by atoms with E-state index >= 15 is 0 Å². The molecular weight excluding hydrogens is 479 g/mol. The highest BCUT2D eigenvalue weighted by atomic mass is 19.4. The lowest BCUT2D eigenvalue weighted by Crippen LogP contribution is -2.03. The lowest BCUT2D eigenvalue weighted by molar-refractivity contribution is -0.137. The van der Waals surface area contributed by atoms with Gasteiger partial charge in [0.2, 0.25) is 0 Å². The smallest absolute Gasteiger partial charge is 0.248 e. The average molecular weight is 502 g/mol. The second-order valence-electron chi connectivity index (χ2n) is 9.20. The fourth-order valence-corrected chi connectivity index (χ4v) is 4.62. The van der Waals surface area contributed by atoms with Crippen LogP contribution < -0.4 is 0 Å². The highest BCUT2D eigenvalue weighted by molar-refractivity contribution is 5.82. The Hall–Kier alpha value is -4.70. The molecule has 0 aliphatic carbocycles. The molecule has 0 fully saturated rings. The number of benzene rings is 5. The van der Waals surface area contributed by atoms with E-state index in [4.69, 9.17) is 4.98 Å². The molecule has 1 nitrogen and oxygen atoms in total. The minimum absolute atomic E-state index is 0.641. The number of alkyl halides is 3. The number of hydrogen-bond acceptors (Lipinski definition) is 1. The number of rotatable bonds is 4. The summed E-state index contributed by atoms with van der Waals surface area (Å²) in [6.07, 6.45) is -4.33. The third kappa shape index (κ3) is 4.81. The molecule has 0 radical (unpaired) electrons. The maximum absolute atomic E-state index is 12.8. The van der Waals surface area contributed by atoms with Crippen molar-refractivity contribution in [1.29, 1.82) is 0 Å². The van der Waals surface area contributed by atoms with Gasteiger partial charge in [0.25, 0.3) is 0 Å². The van der Waals surface area contributed by atoms with Crippen LogP contribution in [0.5, 0.6) is 0 Å². The van der Waals surface area contributed by atoms with E-state index in [1.807, 2.05) is 42.5 Å². The van der Waals surface area contributed by atoms with Crippen LogP contribution in [-0.4, -0.2) is 4.98 Å². The number of aromatic nitrogens is 1. The summed E-state index contributed by atoms with van der Waals surface area (Å²) < 4.78 is 38.5. The monoisotopic (exact) mass is 501 g/mol. The van der Waals surface area contributed by atoms with Gasteiger partial charge in [-0.25, -0.2) is 4.98 Å². The van der Waals surface area contributed by atoms with Crippen molar-refractivity contribution in [3.8, 4) is 44.6 Å². The van der Waals surface area contributed by atoms with Gasteiger partial charge in [0, 0.05) is 10.9 Å². The minimum atomic E-state index is -4.33. The van der Waals surface area contributed by atoms with Crippen LogP contribution >= 0.6 is 0 Å². The molecule has 0 unspecified atom stereocenters. The van der Waals surface area contributed by atoms with Gasteiger partial charge in [-0.05, 0) is 57.6 Å². The predicted molar refractivity (Wildman–Crippen MR) is 148 cm³/mol. The Morgan fingerprint density at radius 2 is 0.789 bits per heavy atom. The molecule has 0 saturated carbocycles. The molecule has 6 aromatic rings. The first-order valence-corrected chi connectivity index (χ1v) is 12.3. The molecule has 38 heavy (non-hydrogen) atoms. The Balaban J connectivity index is 1.18. The van der Waals surface area contributed by atoms with Gasteiger partial charge >= 0.3 is 6.18 Å². The van der Waals surface area contributed by atoms with Crippen molar-refractivity contribution in [2.24, 2.45) is 0 Å². The first-order valence-electron chi connectivity index (χ1n) is 12.3. The van der Waals surface area contributed by atoms with Crippen molar-refractivity contribution in [1.82, 2.24) is 4.98 Å². The van der Waals surface area contributed by atoms with Crippen LogP contribution in [0.25, 0.3) is 55.5 Å².